The van der Waals surface area contributed by atoms with Crippen molar-refractivity contribution >= 4 is 23.4 Å². The highest BCUT2D eigenvalue weighted by molar-refractivity contribution is 5.84. The lowest BCUT2D eigenvalue weighted by molar-refractivity contribution is -0.136. The number of amides is 2. The smallest absolute Gasteiger partial charge is 0.226 e. The highest BCUT2D eigenvalue weighted by Crippen LogP contribution is 2.49. The number of hydrogen-bond acceptors (Lipinski definition) is 3. The highest BCUT2D eigenvalue weighted by atomic mass is 16.2. The third-order valence-corrected chi connectivity index (χ3v) is 5.92. The van der Waals surface area contributed by atoms with Crippen LogP contribution in [0.5, 0.6) is 0 Å². The predicted octanol–water partition coefficient (Wildman–Crippen LogP) is 1.39. The third kappa shape index (κ3) is 2.34. The lowest BCUT2D eigenvalue weighted by Gasteiger charge is -2.32. The first-order valence-corrected chi connectivity index (χ1v) is 9.22. The number of para-hydroxylation sites is 1. The fourth-order valence-corrected chi connectivity index (χ4v) is 4.45. The second kappa shape index (κ2) is 5.58. The first-order valence-electron chi connectivity index (χ1n) is 9.22. The van der Waals surface area contributed by atoms with Gasteiger partial charge in [-0.2, -0.15) is 0 Å². The minimum absolute atomic E-state index is 0.0706. The lowest BCUT2D eigenvalue weighted by Crippen LogP contribution is -2.48. The molecular weight excluding hydrogens is 316 g/mol. The van der Waals surface area contributed by atoms with Crippen molar-refractivity contribution in [1.82, 2.24) is 19.4 Å². The van der Waals surface area contributed by atoms with Gasteiger partial charge in [-0.15, -0.1) is 0 Å². The van der Waals surface area contributed by atoms with Gasteiger partial charge in [0.25, 0.3) is 0 Å². The van der Waals surface area contributed by atoms with Gasteiger partial charge in [-0.25, -0.2) is 4.98 Å². The lowest BCUT2D eigenvalue weighted by atomic mass is 10.0. The number of nitrogens with zero attached hydrogens (tertiary/aromatic N) is 4. The molecule has 1 aromatic carbocycles. The van der Waals surface area contributed by atoms with E-state index in [9.17, 15) is 9.59 Å². The fraction of sp³-hybridized carbons (Fsp3) is 0.526. The Morgan fingerprint density at radius 2 is 2.00 bits per heavy atom. The number of benzene rings is 1. The summed E-state index contributed by atoms with van der Waals surface area (Å²) >= 11 is 0. The molecule has 1 aromatic heterocycles. The minimum Gasteiger partial charge on any atom is -0.342 e. The van der Waals surface area contributed by atoms with Gasteiger partial charge in [-0.3, -0.25) is 9.59 Å². The van der Waals surface area contributed by atoms with Crippen LogP contribution in [0.2, 0.25) is 0 Å². The first kappa shape index (κ1) is 14.9. The Balaban J connectivity index is 1.37. The van der Waals surface area contributed by atoms with Crippen molar-refractivity contribution in [2.75, 3.05) is 26.2 Å². The zero-order chi connectivity index (χ0) is 17.0. The zero-order valence-corrected chi connectivity index (χ0v) is 14.2. The molecule has 2 aliphatic heterocycles. The van der Waals surface area contributed by atoms with Crippen LogP contribution in [0.1, 0.15) is 30.1 Å². The third-order valence-electron chi connectivity index (χ3n) is 5.92. The molecule has 0 radical (unpaired) electrons. The molecule has 2 unspecified atom stereocenters. The second-order valence-corrected chi connectivity index (χ2v) is 7.43. The Bertz CT molecular complexity index is 850. The van der Waals surface area contributed by atoms with E-state index in [2.05, 4.69) is 22.8 Å². The second-order valence-electron chi connectivity index (χ2n) is 7.43. The summed E-state index contributed by atoms with van der Waals surface area (Å²) in [6.45, 7) is 3.62. The molecule has 1 saturated heterocycles. The van der Waals surface area contributed by atoms with Crippen LogP contribution in [0.4, 0.5) is 0 Å². The standard InChI is InChI=1S/C19H22N4O2/c24-12-21-7-9-22(10-8-21)19(25)15-11-14(15)18-20-16-5-1-3-13-4-2-6-23(18)17(13)16/h1,3,5,12,14-15H,2,4,6-11H2. The quantitative estimate of drug-likeness (QED) is 0.795. The summed E-state index contributed by atoms with van der Waals surface area (Å²) in [5.74, 6) is 1.68. The Morgan fingerprint density at radius 1 is 1.16 bits per heavy atom. The van der Waals surface area contributed by atoms with Crippen LogP contribution < -0.4 is 0 Å². The summed E-state index contributed by atoms with van der Waals surface area (Å²) in [4.78, 5) is 32.2. The Kier molecular flexibility index (Phi) is 3.33. The van der Waals surface area contributed by atoms with Crippen LogP contribution >= 0.6 is 0 Å². The van der Waals surface area contributed by atoms with E-state index in [0.29, 0.717) is 26.2 Å². The van der Waals surface area contributed by atoms with E-state index in [0.717, 1.165) is 43.6 Å². The molecule has 2 fully saturated rings. The van der Waals surface area contributed by atoms with Crippen molar-refractivity contribution in [2.45, 2.75) is 31.7 Å². The molecule has 6 nitrogen and oxygen atoms in total. The van der Waals surface area contributed by atoms with E-state index in [1.165, 1.54) is 11.1 Å². The van der Waals surface area contributed by atoms with Crippen molar-refractivity contribution in [3.63, 3.8) is 0 Å². The van der Waals surface area contributed by atoms with Gasteiger partial charge in [0.05, 0.1) is 11.0 Å². The van der Waals surface area contributed by atoms with Gasteiger partial charge >= 0.3 is 0 Å². The number of carbonyl (C=O) groups excluding carboxylic acids is 2. The Labute approximate surface area is 146 Å². The Morgan fingerprint density at radius 3 is 2.80 bits per heavy atom. The van der Waals surface area contributed by atoms with Gasteiger partial charge in [0.1, 0.15) is 5.82 Å². The number of aromatic nitrogens is 2. The summed E-state index contributed by atoms with van der Waals surface area (Å²) in [6.07, 6.45) is 4.05. The van der Waals surface area contributed by atoms with Crippen LogP contribution in [-0.4, -0.2) is 57.8 Å². The maximum absolute atomic E-state index is 12.8. The largest absolute Gasteiger partial charge is 0.342 e. The van der Waals surface area contributed by atoms with Crippen molar-refractivity contribution in [2.24, 2.45) is 5.92 Å². The Hall–Kier alpha value is -2.37. The molecule has 1 saturated carbocycles. The topological polar surface area (TPSA) is 58.4 Å². The number of imidazole rings is 1. The average Bonchev–Trinajstić information content (AvgIpc) is 3.37. The van der Waals surface area contributed by atoms with Crippen molar-refractivity contribution in [1.29, 1.82) is 0 Å². The number of piperazine rings is 1. The molecule has 5 rings (SSSR count). The fourth-order valence-electron chi connectivity index (χ4n) is 4.45. The molecule has 1 aliphatic carbocycles. The van der Waals surface area contributed by atoms with E-state index >= 15 is 0 Å². The van der Waals surface area contributed by atoms with Crippen molar-refractivity contribution in [3.8, 4) is 0 Å². The van der Waals surface area contributed by atoms with Gasteiger partial charge in [-0.1, -0.05) is 12.1 Å². The molecule has 3 heterocycles. The zero-order valence-electron chi connectivity index (χ0n) is 14.2. The summed E-state index contributed by atoms with van der Waals surface area (Å²) in [5, 5.41) is 0. The molecule has 2 aromatic rings. The van der Waals surface area contributed by atoms with Crippen molar-refractivity contribution in [3.05, 3.63) is 29.6 Å². The molecule has 0 N–H and O–H groups in total. The molecule has 0 spiro atoms. The normalized spacial score (nSPS) is 25.3. The molecule has 2 atom stereocenters. The molecular formula is C19H22N4O2. The molecule has 0 bridgehead atoms. The van der Waals surface area contributed by atoms with Gasteiger partial charge in [0.2, 0.25) is 12.3 Å². The van der Waals surface area contributed by atoms with Crippen LogP contribution in [0.25, 0.3) is 11.0 Å². The molecule has 6 heteroatoms. The van der Waals surface area contributed by atoms with Crippen LogP contribution in [0.15, 0.2) is 18.2 Å². The molecule has 25 heavy (non-hydrogen) atoms. The van der Waals surface area contributed by atoms with Gasteiger partial charge < -0.3 is 14.4 Å². The van der Waals surface area contributed by atoms with E-state index < -0.39 is 0 Å². The van der Waals surface area contributed by atoms with Crippen LogP contribution in [0.3, 0.4) is 0 Å². The van der Waals surface area contributed by atoms with Crippen LogP contribution in [-0.2, 0) is 22.6 Å². The van der Waals surface area contributed by atoms with E-state index in [-0.39, 0.29) is 17.7 Å². The molecule has 3 aliphatic rings. The number of rotatable bonds is 3. The van der Waals surface area contributed by atoms with Gasteiger partial charge in [-0.05, 0) is 30.9 Å². The maximum Gasteiger partial charge on any atom is 0.226 e. The van der Waals surface area contributed by atoms with E-state index in [4.69, 9.17) is 4.98 Å². The summed E-state index contributed by atoms with van der Waals surface area (Å²) < 4.78 is 2.36. The summed E-state index contributed by atoms with van der Waals surface area (Å²) in [6, 6.07) is 6.37. The monoisotopic (exact) mass is 338 g/mol. The van der Waals surface area contributed by atoms with Crippen LogP contribution in [0, 0.1) is 5.92 Å². The average molecular weight is 338 g/mol. The SMILES string of the molecule is O=CN1CCN(C(=O)C2CC2c2nc3cccc4c3n2CCC4)CC1. The predicted molar refractivity (Wildman–Crippen MR) is 93.1 cm³/mol. The van der Waals surface area contributed by atoms with E-state index in [1.807, 2.05) is 4.90 Å². The minimum atomic E-state index is 0.0706. The van der Waals surface area contributed by atoms with Crippen molar-refractivity contribution < 1.29 is 9.59 Å². The molecule has 2 amide bonds. The number of hydrogen-bond donors (Lipinski definition) is 0. The molecule has 130 valence electrons. The summed E-state index contributed by atoms with van der Waals surface area (Å²) in [7, 11) is 0. The number of aryl methyl sites for hydroxylation is 2. The first-order chi connectivity index (χ1) is 12.3. The summed E-state index contributed by atoms with van der Waals surface area (Å²) in [5.41, 5.74) is 3.74. The van der Waals surface area contributed by atoms with Gasteiger partial charge in [0, 0.05) is 44.6 Å². The van der Waals surface area contributed by atoms with Gasteiger partial charge in [0.15, 0.2) is 0 Å². The highest BCUT2D eigenvalue weighted by Gasteiger charge is 2.49. The van der Waals surface area contributed by atoms with E-state index in [1.54, 1.807) is 4.90 Å². The number of carbonyl (C=O) groups is 2. The maximum atomic E-state index is 12.8.